The van der Waals surface area contributed by atoms with E-state index in [2.05, 4.69) is 5.32 Å². The van der Waals surface area contributed by atoms with Crippen LogP contribution in [0.1, 0.15) is 42.5 Å². The Morgan fingerprint density at radius 3 is 2.29 bits per heavy atom. The fourth-order valence-electron chi connectivity index (χ4n) is 3.54. The summed E-state index contributed by atoms with van der Waals surface area (Å²) in [5, 5.41) is 3.06. The van der Waals surface area contributed by atoms with Gasteiger partial charge in [-0.2, -0.15) is 0 Å². The topological polar surface area (TPSA) is 66.5 Å². The van der Waals surface area contributed by atoms with Crippen LogP contribution in [0.2, 0.25) is 0 Å². The summed E-state index contributed by atoms with van der Waals surface area (Å²) in [6, 6.07) is 17.4. The van der Waals surface area contributed by atoms with Gasteiger partial charge >= 0.3 is 0 Å². The molecule has 6 heteroatoms. The van der Waals surface area contributed by atoms with E-state index >= 15 is 0 Å². The van der Waals surface area contributed by atoms with Crippen molar-refractivity contribution in [3.63, 3.8) is 0 Å². The summed E-state index contributed by atoms with van der Waals surface area (Å²) in [4.78, 5) is 12.6. The second-order valence-corrected chi connectivity index (χ2v) is 9.53. The smallest absolute Gasteiger partial charge is 0.223 e. The molecule has 0 aliphatic carbocycles. The minimum absolute atomic E-state index is 0.00642. The molecule has 150 valence electrons. The molecule has 3 rings (SSSR count). The molecule has 0 bridgehead atoms. The van der Waals surface area contributed by atoms with Crippen molar-refractivity contribution in [2.45, 2.75) is 38.5 Å². The summed E-state index contributed by atoms with van der Waals surface area (Å²) in [6.45, 7) is 4.74. The third kappa shape index (κ3) is 5.20. The predicted octanol–water partition coefficient (Wildman–Crippen LogP) is 3.41. The van der Waals surface area contributed by atoms with Gasteiger partial charge in [0.1, 0.15) is 0 Å². The highest BCUT2D eigenvalue weighted by atomic mass is 32.2. The van der Waals surface area contributed by atoms with Crippen molar-refractivity contribution in [3.8, 4) is 0 Å². The number of amides is 1. The summed E-state index contributed by atoms with van der Waals surface area (Å²) >= 11 is 0. The molecule has 0 radical (unpaired) electrons. The molecule has 5 nitrogen and oxygen atoms in total. The molecule has 0 spiro atoms. The number of sulfonamides is 1. The highest BCUT2D eigenvalue weighted by Crippen LogP contribution is 2.23. The van der Waals surface area contributed by atoms with Crippen LogP contribution >= 0.6 is 0 Å². The van der Waals surface area contributed by atoms with Gasteiger partial charge in [0, 0.05) is 19.0 Å². The molecule has 1 aliphatic heterocycles. The number of rotatable bonds is 6. The SMILES string of the molecule is Cc1ccc(CS(=O)(=O)N2CCC(C(=O)N[C@@H](C)c3ccccc3)CC2)cc1. The lowest BCUT2D eigenvalue weighted by molar-refractivity contribution is -0.126. The standard InChI is InChI=1S/C22H28N2O3S/c1-17-8-10-19(11-9-17)16-28(26,27)24-14-12-21(13-15-24)22(25)23-18(2)20-6-4-3-5-7-20/h3-11,18,21H,12-16H2,1-2H3,(H,23,25)/t18-/m0/s1. The summed E-state index contributed by atoms with van der Waals surface area (Å²) in [5.41, 5.74) is 2.97. The van der Waals surface area contributed by atoms with Crippen LogP contribution in [-0.4, -0.2) is 31.7 Å². The van der Waals surface area contributed by atoms with Crippen molar-refractivity contribution in [1.29, 1.82) is 0 Å². The van der Waals surface area contributed by atoms with Gasteiger partial charge in [-0.05, 0) is 37.8 Å². The minimum Gasteiger partial charge on any atom is -0.349 e. The molecule has 0 unspecified atom stereocenters. The lowest BCUT2D eigenvalue weighted by Crippen LogP contribution is -2.43. The highest BCUT2D eigenvalue weighted by molar-refractivity contribution is 7.88. The van der Waals surface area contributed by atoms with E-state index in [4.69, 9.17) is 0 Å². The van der Waals surface area contributed by atoms with Crippen LogP contribution in [0.25, 0.3) is 0 Å². The van der Waals surface area contributed by atoms with Gasteiger partial charge in [-0.15, -0.1) is 0 Å². The molecule has 2 aromatic rings. The fourth-order valence-corrected chi connectivity index (χ4v) is 5.10. The number of nitrogens with one attached hydrogen (secondary N) is 1. The van der Waals surface area contributed by atoms with Gasteiger partial charge in [0.15, 0.2) is 0 Å². The third-order valence-corrected chi connectivity index (χ3v) is 7.20. The third-order valence-electron chi connectivity index (χ3n) is 5.35. The maximum Gasteiger partial charge on any atom is 0.223 e. The van der Waals surface area contributed by atoms with Crippen LogP contribution in [0.15, 0.2) is 54.6 Å². The van der Waals surface area contributed by atoms with Gasteiger partial charge in [0.25, 0.3) is 0 Å². The summed E-state index contributed by atoms with van der Waals surface area (Å²) in [7, 11) is -3.36. The molecule has 1 N–H and O–H groups in total. The van der Waals surface area contributed by atoms with Gasteiger partial charge < -0.3 is 5.32 Å². The van der Waals surface area contributed by atoms with E-state index in [1.807, 2.05) is 68.4 Å². The first-order valence-electron chi connectivity index (χ1n) is 9.74. The van der Waals surface area contributed by atoms with E-state index in [0.29, 0.717) is 25.9 Å². The quantitative estimate of drug-likeness (QED) is 0.808. The lowest BCUT2D eigenvalue weighted by atomic mass is 9.96. The average molecular weight is 401 g/mol. The Kier molecular flexibility index (Phi) is 6.52. The van der Waals surface area contributed by atoms with Crippen molar-refractivity contribution in [2.24, 2.45) is 5.92 Å². The van der Waals surface area contributed by atoms with E-state index in [1.165, 1.54) is 4.31 Å². The van der Waals surface area contributed by atoms with Crippen LogP contribution in [0.3, 0.4) is 0 Å². The molecule has 28 heavy (non-hydrogen) atoms. The molecule has 1 fully saturated rings. The number of nitrogens with zero attached hydrogens (tertiary/aromatic N) is 1. The van der Waals surface area contributed by atoms with Crippen LogP contribution in [-0.2, 0) is 20.6 Å². The maximum atomic E-state index is 12.7. The van der Waals surface area contributed by atoms with Gasteiger partial charge in [-0.1, -0.05) is 60.2 Å². The lowest BCUT2D eigenvalue weighted by Gasteiger charge is -2.31. The molecular formula is C22H28N2O3S. The highest BCUT2D eigenvalue weighted by Gasteiger charge is 2.31. The van der Waals surface area contributed by atoms with E-state index < -0.39 is 10.0 Å². The van der Waals surface area contributed by atoms with Crippen molar-refractivity contribution in [2.75, 3.05) is 13.1 Å². The van der Waals surface area contributed by atoms with E-state index in [0.717, 1.165) is 16.7 Å². The Bertz CT molecular complexity index is 887. The first-order valence-corrected chi connectivity index (χ1v) is 11.3. The molecule has 1 heterocycles. The average Bonchev–Trinajstić information content (AvgIpc) is 2.70. The second-order valence-electron chi connectivity index (χ2n) is 7.56. The van der Waals surface area contributed by atoms with Gasteiger partial charge in [0.05, 0.1) is 11.8 Å². The number of aryl methyl sites for hydroxylation is 1. The van der Waals surface area contributed by atoms with Gasteiger partial charge in [0.2, 0.25) is 15.9 Å². The van der Waals surface area contributed by atoms with Crippen LogP contribution in [0, 0.1) is 12.8 Å². The van der Waals surface area contributed by atoms with Crippen molar-refractivity contribution in [3.05, 3.63) is 71.3 Å². The van der Waals surface area contributed by atoms with E-state index in [9.17, 15) is 13.2 Å². The second kappa shape index (κ2) is 8.88. The van der Waals surface area contributed by atoms with Crippen LogP contribution in [0.4, 0.5) is 0 Å². The Balaban J connectivity index is 1.53. The first kappa shape index (κ1) is 20.6. The van der Waals surface area contributed by atoms with Crippen molar-refractivity contribution < 1.29 is 13.2 Å². The fraction of sp³-hybridized carbons (Fsp3) is 0.409. The van der Waals surface area contributed by atoms with Gasteiger partial charge in [-0.25, -0.2) is 12.7 Å². The molecule has 1 saturated heterocycles. The Morgan fingerprint density at radius 2 is 1.68 bits per heavy atom. The number of hydrogen-bond acceptors (Lipinski definition) is 3. The number of piperidine rings is 1. The van der Waals surface area contributed by atoms with Crippen LogP contribution < -0.4 is 5.32 Å². The van der Waals surface area contributed by atoms with Crippen LogP contribution in [0.5, 0.6) is 0 Å². The number of carbonyl (C=O) groups excluding carboxylic acids is 1. The number of carbonyl (C=O) groups is 1. The Hall–Kier alpha value is -2.18. The predicted molar refractivity (Wildman–Crippen MR) is 111 cm³/mol. The van der Waals surface area contributed by atoms with E-state index in [-0.39, 0.29) is 23.6 Å². The molecular weight excluding hydrogens is 372 g/mol. The Morgan fingerprint density at radius 1 is 1.07 bits per heavy atom. The van der Waals surface area contributed by atoms with Crippen molar-refractivity contribution in [1.82, 2.24) is 9.62 Å². The largest absolute Gasteiger partial charge is 0.349 e. The number of benzene rings is 2. The monoisotopic (exact) mass is 400 g/mol. The molecule has 0 aromatic heterocycles. The van der Waals surface area contributed by atoms with Gasteiger partial charge in [-0.3, -0.25) is 4.79 Å². The zero-order chi connectivity index (χ0) is 20.1. The van der Waals surface area contributed by atoms with E-state index in [1.54, 1.807) is 0 Å². The molecule has 0 saturated carbocycles. The minimum atomic E-state index is -3.36. The maximum absolute atomic E-state index is 12.7. The van der Waals surface area contributed by atoms with Crippen molar-refractivity contribution >= 4 is 15.9 Å². The molecule has 1 amide bonds. The zero-order valence-corrected chi connectivity index (χ0v) is 17.3. The molecule has 1 aliphatic rings. The first-order chi connectivity index (χ1) is 13.3. The number of hydrogen-bond donors (Lipinski definition) is 1. The Labute approximate surface area is 167 Å². The zero-order valence-electron chi connectivity index (χ0n) is 16.5. The molecule has 2 aromatic carbocycles. The molecule has 1 atom stereocenters. The summed E-state index contributed by atoms with van der Waals surface area (Å²) in [6.07, 6.45) is 1.11. The summed E-state index contributed by atoms with van der Waals surface area (Å²) < 4.78 is 26.9. The summed E-state index contributed by atoms with van der Waals surface area (Å²) in [5.74, 6) is -0.126. The normalized spacial score (nSPS) is 17.2.